The first-order valence-electron chi connectivity index (χ1n) is 7.45. The number of sulfone groups is 1. The van der Waals surface area contributed by atoms with E-state index in [1.165, 1.54) is 24.3 Å². The van der Waals surface area contributed by atoms with Gasteiger partial charge in [-0.15, -0.1) is 0 Å². The number of nitrogens with zero attached hydrogens (tertiary/aromatic N) is 1. The number of benzene rings is 1. The molecular formula is C15H19FN2O3S2. The molecule has 8 heteroatoms. The van der Waals surface area contributed by atoms with E-state index < -0.39 is 21.9 Å². The monoisotopic (exact) mass is 358 g/mol. The average Bonchev–Trinajstić information content (AvgIpc) is 2.80. The van der Waals surface area contributed by atoms with Gasteiger partial charge in [0.2, 0.25) is 5.91 Å². The normalized spacial score (nSPS) is 29.6. The molecule has 0 aliphatic carbocycles. The number of anilines is 1. The van der Waals surface area contributed by atoms with Gasteiger partial charge in [-0.1, -0.05) is 0 Å². The summed E-state index contributed by atoms with van der Waals surface area (Å²) in [6.07, 6.45) is 2.61. The Labute approximate surface area is 139 Å². The van der Waals surface area contributed by atoms with Crippen LogP contribution in [0.15, 0.2) is 24.3 Å². The number of carbonyl (C=O) groups excluding carboxylic acids is 1. The lowest BCUT2D eigenvalue weighted by Gasteiger charge is -2.41. The van der Waals surface area contributed by atoms with Crippen molar-refractivity contribution in [1.82, 2.24) is 5.32 Å². The van der Waals surface area contributed by atoms with Crippen molar-refractivity contribution >= 4 is 33.2 Å². The second-order valence-corrected chi connectivity index (χ2v) is 9.08. The summed E-state index contributed by atoms with van der Waals surface area (Å²) in [4.78, 5) is 14.4. The van der Waals surface area contributed by atoms with E-state index in [4.69, 9.17) is 0 Å². The number of rotatable bonds is 4. The number of fused-ring (bicyclic) bond motifs is 1. The van der Waals surface area contributed by atoms with Gasteiger partial charge in [0.15, 0.2) is 9.84 Å². The summed E-state index contributed by atoms with van der Waals surface area (Å²) in [5.41, 5.74) is 0.555. The minimum absolute atomic E-state index is 0.0401. The highest BCUT2D eigenvalue weighted by Crippen LogP contribution is 2.30. The molecule has 0 unspecified atom stereocenters. The molecule has 0 saturated carbocycles. The number of carbonyl (C=O) groups is 1. The summed E-state index contributed by atoms with van der Waals surface area (Å²) in [6, 6.07) is 4.55. The van der Waals surface area contributed by atoms with Crippen LogP contribution in [-0.2, 0) is 14.6 Å². The van der Waals surface area contributed by atoms with Crippen molar-refractivity contribution in [1.29, 1.82) is 0 Å². The molecule has 23 heavy (non-hydrogen) atoms. The minimum Gasteiger partial charge on any atom is -0.305 e. The molecule has 1 amide bonds. The second-order valence-electron chi connectivity index (χ2n) is 5.94. The van der Waals surface area contributed by atoms with Gasteiger partial charge in [-0.3, -0.25) is 10.1 Å². The number of halogens is 1. The Kier molecular flexibility index (Phi) is 4.66. The summed E-state index contributed by atoms with van der Waals surface area (Å²) >= 11 is 1.64. The Morgan fingerprint density at radius 2 is 2.00 bits per heavy atom. The van der Waals surface area contributed by atoms with E-state index in [1.807, 2.05) is 6.26 Å². The fourth-order valence-corrected chi connectivity index (χ4v) is 5.64. The summed E-state index contributed by atoms with van der Waals surface area (Å²) in [5, 5.41) is 3.21. The highest BCUT2D eigenvalue weighted by molar-refractivity contribution is 7.98. The van der Waals surface area contributed by atoms with Crippen molar-refractivity contribution < 1.29 is 17.6 Å². The molecular weight excluding hydrogens is 339 g/mol. The van der Waals surface area contributed by atoms with Crippen LogP contribution < -0.4 is 10.2 Å². The van der Waals surface area contributed by atoms with E-state index in [9.17, 15) is 17.6 Å². The third kappa shape index (κ3) is 3.39. The number of nitrogens with one attached hydrogen (secondary N) is 1. The van der Waals surface area contributed by atoms with Gasteiger partial charge in [0.05, 0.1) is 23.6 Å². The Bertz CT molecular complexity index is 693. The van der Waals surface area contributed by atoms with E-state index in [-0.39, 0.29) is 29.3 Å². The molecule has 2 fully saturated rings. The van der Waals surface area contributed by atoms with Crippen molar-refractivity contribution in [2.75, 3.05) is 28.4 Å². The van der Waals surface area contributed by atoms with E-state index in [2.05, 4.69) is 5.32 Å². The van der Waals surface area contributed by atoms with Crippen molar-refractivity contribution in [2.45, 2.75) is 24.5 Å². The van der Waals surface area contributed by atoms with Crippen LogP contribution in [0.1, 0.15) is 6.42 Å². The maximum Gasteiger partial charge on any atom is 0.244 e. The molecule has 2 saturated heterocycles. The van der Waals surface area contributed by atoms with Gasteiger partial charge in [0.25, 0.3) is 0 Å². The molecule has 5 nitrogen and oxygen atoms in total. The SMILES string of the molecule is CSCC[C@@H]1N[C@@H]2CS(=O)(=O)C[C@@H]2N(c2ccc(F)cc2)C1=O. The van der Waals surface area contributed by atoms with Crippen molar-refractivity contribution in [3.05, 3.63) is 30.1 Å². The van der Waals surface area contributed by atoms with Gasteiger partial charge in [-0.25, -0.2) is 12.8 Å². The molecule has 0 spiro atoms. The zero-order valence-electron chi connectivity index (χ0n) is 12.7. The fourth-order valence-electron chi connectivity index (χ4n) is 3.27. The molecule has 0 radical (unpaired) electrons. The molecule has 0 bridgehead atoms. The first kappa shape index (κ1) is 16.7. The lowest BCUT2D eigenvalue weighted by atomic mass is 9.99. The molecule has 1 aromatic rings. The van der Waals surface area contributed by atoms with Gasteiger partial charge >= 0.3 is 0 Å². The van der Waals surface area contributed by atoms with E-state index in [0.717, 1.165) is 5.75 Å². The van der Waals surface area contributed by atoms with Gasteiger partial charge < -0.3 is 4.90 Å². The lowest BCUT2D eigenvalue weighted by Crippen LogP contribution is -2.65. The van der Waals surface area contributed by atoms with Crippen LogP contribution >= 0.6 is 11.8 Å². The molecule has 0 aromatic heterocycles. The number of hydrogen-bond acceptors (Lipinski definition) is 5. The summed E-state index contributed by atoms with van der Waals surface area (Å²) in [6.45, 7) is 0. The Morgan fingerprint density at radius 1 is 1.30 bits per heavy atom. The minimum atomic E-state index is -3.18. The predicted molar refractivity (Wildman–Crippen MR) is 90.0 cm³/mol. The molecule has 1 aromatic carbocycles. The van der Waals surface area contributed by atoms with Crippen LogP contribution in [0.25, 0.3) is 0 Å². The van der Waals surface area contributed by atoms with Gasteiger partial charge in [0, 0.05) is 11.7 Å². The first-order chi connectivity index (χ1) is 10.9. The third-order valence-electron chi connectivity index (χ3n) is 4.32. The molecule has 2 aliphatic heterocycles. The number of piperazine rings is 1. The highest BCUT2D eigenvalue weighted by atomic mass is 32.2. The first-order valence-corrected chi connectivity index (χ1v) is 10.7. The summed E-state index contributed by atoms with van der Waals surface area (Å²) in [5.74, 6) is 0.279. The van der Waals surface area contributed by atoms with Gasteiger partial charge in [-0.2, -0.15) is 11.8 Å². The molecule has 2 heterocycles. The van der Waals surface area contributed by atoms with E-state index >= 15 is 0 Å². The maximum atomic E-state index is 13.2. The van der Waals surface area contributed by atoms with Crippen LogP contribution in [0.4, 0.5) is 10.1 Å². The van der Waals surface area contributed by atoms with E-state index in [1.54, 1.807) is 16.7 Å². The van der Waals surface area contributed by atoms with Crippen LogP contribution in [0.5, 0.6) is 0 Å². The van der Waals surface area contributed by atoms with Crippen molar-refractivity contribution in [3.63, 3.8) is 0 Å². The maximum absolute atomic E-state index is 13.2. The Hall–Kier alpha value is -1.12. The largest absolute Gasteiger partial charge is 0.305 e. The fraction of sp³-hybridized carbons (Fsp3) is 0.533. The average molecular weight is 358 g/mol. The number of hydrogen-bond donors (Lipinski definition) is 1. The molecule has 2 aliphatic rings. The molecule has 1 N–H and O–H groups in total. The van der Waals surface area contributed by atoms with Crippen LogP contribution in [0.2, 0.25) is 0 Å². The molecule has 3 atom stereocenters. The van der Waals surface area contributed by atoms with Crippen molar-refractivity contribution in [2.24, 2.45) is 0 Å². The Morgan fingerprint density at radius 3 is 2.65 bits per heavy atom. The van der Waals surface area contributed by atoms with Gasteiger partial charge in [-0.05, 0) is 42.7 Å². The zero-order valence-corrected chi connectivity index (χ0v) is 14.4. The van der Waals surface area contributed by atoms with Crippen LogP contribution in [0, 0.1) is 5.82 Å². The van der Waals surface area contributed by atoms with Gasteiger partial charge in [0.1, 0.15) is 5.82 Å². The standard InChI is InChI=1S/C15H19FN2O3S2/c1-22-7-6-12-15(19)18(11-4-2-10(16)3-5-11)14-9-23(20,21)8-13(14)17-12/h2-5,12-14,17H,6-9H2,1H3/t12-,13+,14-/m0/s1. The third-order valence-corrected chi connectivity index (χ3v) is 6.68. The summed E-state index contributed by atoms with van der Waals surface area (Å²) < 4.78 is 37.2. The smallest absolute Gasteiger partial charge is 0.244 e. The van der Waals surface area contributed by atoms with E-state index in [0.29, 0.717) is 12.1 Å². The van der Waals surface area contributed by atoms with Crippen molar-refractivity contribution in [3.8, 4) is 0 Å². The predicted octanol–water partition coefficient (Wildman–Crippen LogP) is 1.05. The number of amides is 1. The van der Waals surface area contributed by atoms with Crippen LogP contribution in [-0.4, -0.2) is 56.0 Å². The Balaban J connectivity index is 1.94. The lowest BCUT2D eigenvalue weighted by molar-refractivity contribution is -0.122. The quantitative estimate of drug-likeness (QED) is 0.871. The number of thioether (sulfide) groups is 1. The molecule has 3 rings (SSSR count). The molecule has 126 valence electrons. The highest BCUT2D eigenvalue weighted by Gasteiger charge is 2.49. The second kappa shape index (κ2) is 6.41. The van der Waals surface area contributed by atoms with Crippen LogP contribution in [0.3, 0.4) is 0 Å². The summed E-state index contributed by atoms with van der Waals surface area (Å²) in [7, 11) is -3.18. The topological polar surface area (TPSA) is 66.5 Å². The zero-order chi connectivity index (χ0) is 16.6.